The Morgan fingerprint density at radius 2 is 2.17 bits per heavy atom. The molecule has 0 aromatic carbocycles. The summed E-state index contributed by atoms with van der Waals surface area (Å²) in [5, 5.41) is 0. The van der Waals surface area contributed by atoms with E-state index in [2.05, 4.69) is 33.4 Å². The van der Waals surface area contributed by atoms with Gasteiger partial charge < -0.3 is 14.2 Å². The third-order valence-corrected chi connectivity index (χ3v) is 3.65. The van der Waals surface area contributed by atoms with Crippen LogP contribution in [0.1, 0.15) is 34.1 Å². The lowest BCUT2D eigenvalue weighted by Gasteiger charge is -2.35. The van der Waals surface area contributed by atoms with Crippen LogP contribution in [0.15, 0.2) is 24.5 Å². The molecule has 0 radical (unpaired) electrons. The molecule has 4 unspecified atom stereocenters. The second-order valence-corrected chi connectivity index (χ2v) is 5.05. The van der Waals surface area contributed by atoms with E-state index in [1.807, 2.05) is 6.92 Å². The molecular formula is C15H26O3. The minimum atomic E-state index is -0.209. The fraction of sp³-hybridized carbons (Fsp3) is 0.733. The molecule has 0 aromatic rings. The highest BCUT2D eigenvalue weighted by molar-refractivity contribution is 5.11. The summed E-state index contributed by atoms with van der Waals surface area (Å²) in [6, 6.07) is 0. The van der Waals surface area contributed by atoms with Crippen molar-refractivity contribution in [2.75, 3.05) is 13.2 Å². The Morgan fingerprint density at radius 3 is 2.83 bits per heavy atom. The van der Waals surface area contributed by atoms with E-state index >= 15 is 0 Å². The molecule has 0 aliphatic heterocycles. The quantitative estimate of drug-likeness (QED) is 0.301. The van der Waals surface area contributed by atoms with Crippen LogP contribution < -0.4 is 0 Å². The Bertz CT molecular complexity index is 285. The SMILES string of the molecule is C=COCCOC(C)OC1C(C)=CCC(C)C1C. The topological polar surface area (TPSA) is 27.7 Å². The van der Waals surface area contributed by atoms with Gasteiger partial charge >= 0.3 is 0 Å². The minimum Gasteiger partial charge on any atom is -0.499 e. The van der Waals surface area contributed by atoms with E-state index in [-0.39, 0.29) is 12.4 Å². The molecule has 1 aliphatic carbocycles. The minimum absolute atomic E-state index is 0.170. The smallest absolute Gasteiger partial charge is 0.155 e. The standard InChI is InChI=1S/C15H26O3/c1-6-16-9-10-17-14(5)18-15-12(3)8-7-11(2)13(15)4/h6,8,11,13-15H,1,7,9-10H2,2-5H3. The average Bonchev–Trinajstić information content (AvgIpc) is 2.35. The Kier molecular flexibility index (Phi) is 6.44. The molecule has 0 bridgehead atoms. The van der Waals surface area contributed by atoms with Crippen LogP contribution in [-0.4, -0.2) is 25.6 Å². The average molecular weight is 254 g/mol. The van der Waals surface area contributed by atoms with Gasteiger partial charge in [-0.25, -0.2) is 0 Å². The highest BCUT2D eigenvalue weighted by atomic mass is 16.7. The number of hydrogen-bond acceptors (Lipinski definition) is 3. The van der Waals surface area contributed by atoms with Crippen LogP contribution in [0.2, 0.25) is 0 Å². The fourth-order valence-corrected chi connectivity index (χ4v) is 2.24. The zero-order chi connectivity index (χ0) is 13.5. The molecule has 104 valence electrons. The number of allylic oxidation sites excluding steroid dienone is 1. The zero-order valence-corrected chi connectivity index (χ0v) is 12.0. The maximum Gasteiger partial charge on any atom is 0.155 e. The molecule has 0 amide bonds. The molecular weight excluding hydrogens is 228 g/mol. The van der Waals surface area contributed by atoms with Crippen LogP contribution in [0.5, 0.6) is 0 Å². The maximum atomic E-state index is 5.99. The van der Waals surface area contributed by atoms with Crippen molar-refractivity contribution in [1.82, 2.24) is 0 Å². The molecule has 3 heteroatoms. The molecule has 0 fully saturated rings. The lowest BCUT2D eigenvalue weighted by atomic mass is 9.80. The first-order valence-corrected chi connectivity index (χ1v) is 6.72. The van der Waals surface area contributed by atoms with Crippen LogP contribution in [0.3, 0.4) is 0 Å². The van der Waals surface area contributed by atoms with E-state index in [1.54, 1.807) is 0 Å². The van der Waals surface area contributed by atoms with Gasteiger partial charge in [0.25, 0.3) is 0 Å². The van der Waals surface area contributed by atoms with Gasteiger partial charge in [-0.1, -0.05) is 26.5 Å². The summed E-state index contributed by atoms with van der Waals surface area (Å²) in [6.07, 6.45) is 4.81. The van der Waals surface area contributed by atoms with Crippen molar-refractivity contribution in [3.05, 3.63) is 24.5 Å². The lowest BCUT2D eigenvalue weighted by Crippen LogP contribution is -2.34. The predicted molar refractivity (Wildman–Crippen MR) is 73.1 cm³/mol. The predicted octanol–water partition coefficient (Wildman–Crippen LogP) is 3.52. The van der Waals surface area contributed by atoms with Gasteiger partial charge in [-0.05, 0) is 37.7 Å². The molecule has 0 aromatic heterocycles. The highest BCUT2D eigenvalue weighted by Gasteiger charge is 2.29. The first-order valence-electron chi connectivity index (χ1n) is 6.72. The number of ether oxygens (including phenoxy) is 3. The van der Waals surface area contributed by atoms with Gasteiger partial charge in [-0.15, -0.1) is 0 Å². The summed E-state index contributed by atoms with van der Waals surface area (Å²) >= 11 is 0. The summed E-state index contributed by atoms with van der Waals surface area (Å²) in [5.74, 6) is 1.19. The molecule has 1 aliphatic rings. The largest absolute Gasteiger partial charge is 0.499 e. The Labute approximate surface area is 111 Å². The zero-order valence-electron chi connectivity index (χ0n) is 12.0. The molecule has 0 heterocycles. The van der Waals surface area contributed by atoms with Crippen molar-refractivity contribution < 1.29 is 14.2 Å². The molecule has 3 nitrogen and oxygen atoms in total. The van der Waals surface area contributed by atoms with Gasteiger partial charge in [0.1, 0.15) is 6.61 Å². The maximum absolute atomic E-state index is 5.99. The van der Waals surface area contributed by atoms with Gasteiger partial charge in [0, 0.05) is 0 Å². The molecule has 0 N–H and O–H groups in total. The first kappa shape index (κ1) is 15.3. The van der Waals surface area contributed by atoms with Gasteiger partial charge in [-0.2, -0.15) is 0 Å². The summed E-state index contributed by atoms with van der Waals surface area (Å²) in [7, 11) is 0. The molecule has 0 spiro atoms. The summed E-state index contributed by atoms with van der Waals surface area (Å²) in [5.41, 5.74) is 1.32. The molecule has 0 saturated heterocycles. The van der Waals surface area contributed by atoms with Crippen molar-refractivity contribution in [3.8, 4) is 0 Å². The van der Waals surface area contributed by atoms with E-state index in [1.165, 1.54) is 11.8 Å². The van der Waals surface area contributed by atoms with Crippen molar-refractivity contribution in [2.24, 2.45) is 11.8 Å². The molecule has 4 atom stereocenters. The third kappa shape index (κ3) is 4.46. The van der Waals surface area contributed by atoms with Gasteiger partial charge in [0.15, 0.2) is 6.29 Å². The van der Waals surface area contributed by atoms with Crippen molar-refractivity contribution in [2.45, 2.75) is 46.5 Å². The molecule has 18 heavy (non-hydrogen) atoms. The monoisotopic (exact) mass is 254 g/mol. The number of hydrogen-bond donors (Lipinski definition) is 0. The third-order valence-electron chi connectivity index (χ3n) is 3.65. The van der Waals surface area contributed by atoms with Gasteiger partial charge in [0.05, 0.1) is 19.0 Å². The normalized spacial score (nSPS) is 29.6. The lowest BCUT2D eigenvalue weighted by molar-refractivity contribution is -0.170. The summed E-state index contributed by atoms with van der Waals surface area (Å²) < 4.78 is 16.6. The second-order valence-electron chi connectivity index (χ2n) is 5.05. The van der Waals surface area contributed by atoms with E-state index in [4.69, 9.17) is 14.2 Å². The van der Waals surface area contributed by atoms with Crippen LogP contribution >= 0.6 is 0 Å². The van der Waals surface area contributed by atoms with Crippen molar-refractivity contribution >= 4 is 0 Å². The first-order chi connectivity index (χ1) is 8.56. The van der Waals surface area contributed by atoms with Crippen LogP contribution in [0, 0.1) is 11.8 Å². The van der Waals surface area contributed by atoms with Crippen LogP contribution in [0.4, 0.5) is 0 Å². The van der Waals surface area contributed by atoms with Gasteiger partial charge in [-0.3, -0.25) is 0 Å². The molecule has 1 rings (SSSR count). The van der Waals surface area contributed by atoms with Crippen LogP contribution in [-0.2, 0) is 14.2 Å². The fourth-order valence-electron chi connectivity index (χ4n) is 2.24. The van der Waals surface area contributed by atoms with E-state index < -0.39 is 0 Å². The Hall–Kier alpha value is -0.800. The Morgan fingerprint density at radius 1 is 1.44 bits per heavy atom. The van der Waals surface area contributed by atoms with E-state index in [0.29, 0.717) is 25.0 Å². The van der Waals surface area contributed by atoms with Crippen molar-refractivity contribution in [1.29, 1.82) is 0 Å². The van der Waals surface area contributed by atoms with Crippen LogP contribution in [0.25, 0.3) is 0 Å². The molecule has 0 saturated carbocycles. The summed E-state index contributed by atoms with van der Waals surface area (Å²) in [6.45, 7) is 13.1. The van der Waals surface area contributed by atoms with Gasteiger partial charge in [0.2, 0.25) is 0 Å². The number of rotatable bonds is 7. The van der Waals surface area contributed by atoms with Crippen molar-refractivity contribution in [3.63, 3.8) is 0 Å². The Balaban J connectivity index is 2.37. The highest BCUT2D eigenvalue weighted by Crippen LogP contribution is 2.32. The second kappa shape index (κ2) is 7.59. The van der Waals surface area contributed by atoms with E-state index in [9.17, 15) is 0 Å². The summed E-state index contributed by atoms with van der Waals surface area (Å²) in [4.78, 5) is 0. The van der Waals surface area contributed by atoms with E-state index in [0.717, 1.165) is 6.42 Å².